The summed E-state index contributed by atoms with van der Waals surface area (Å²) in [6.45, 7) is 0.436. The summed E-state index contributed by atoms with van der Waals surface area (Å²) >= 11 is 7.24. The molecule has 1 saturated carbocycles. The average molecular weight is 307 g/mol. The molecule has 0 radical (unpaired) electrons. The van der Waals surface area contributed by atoms with Gasteiger partial charge in [0.2, 0.25) is 0 Å². The van der Waals surface area contributed by atoms with Crippen LogP contribution in [0.15, 0.2) is 29.2 Å². The lowest BCUT2D eigenvalue weighted by Crippen LogP contribution is -2.13. The fourth-order valence-electron chi connectivity index (χ4n) is 2.25. The Kier molecular flexibility index (Phi) is 2.68. The van der Waals surface area contributed by atoms with E-state index in [1.54, 1.807) is 10.6 Å². The molecule has 0 saturated heterocycles. The smallest absolute Gasteiger partial charge is 0.292 e. The van der Waals surface area contributed by atoms with Crippen molar-refractivity contribution in [3.63, 3.8) is 0 Å². The van der Waals surface area contributed by atoms with Crippen molar-refractivity contribution in [2.24, 2.45) is 0 Å². The van der Waals surface area contributed by atoms with Crippen LogP contribution in [0.4, 0.5) is 0 Å². The van der Waals surface area contributed by atoms with Gasteiger partial charge in [0, 0.05) is 5.02 Å². The number of nitrogens with zero attached hydrogens (tertiary/aromatic N) is 4. The molecule has 0 spiro atoms. The number of hydrogen-bond donors (Lipinski definition) is 0. The van der Waals surface area contributed by atoms with E-state index in [2.05, 4.69) is 10.3 Å². The van der Waals surface area contributed by atoms with Crippen LogP contribution in [-0.2, 0) is 6.54 Å². The standard InChI is InChI=1S/C13H11ClN4OS/c14-8-1-4-12-11(5-8)17(13(19)20-12)6-9-7-18(16-15-9)10-2-3-10/h1,4-5,7,10H,2-3,6H2. The minimum Gasteiger partial charge on any atom is -0.292 e. The Morgan fingerprint density at radius 1 is 1.40 bits per heavy atom. The van der Waals surface area contributed by atoms with Crippen molar-refractivity contribution in [1.29, 1.82) is 0 Å². The molecule has 3 aromatic rings. The van der Waals surface area contributed by atoms with E-state index in [0.717, 1.165) is 15.9 Å². The van der Waals surface area contributed by atoms with Crippen molar-refractivity contribution < 1.29 is 0 Å². The Morgan fingerprint density at radius 3 is 3.05 bits per heavy atom. The first kappa shape index (κ1) is 12.1. The van der Waals surface area contributed by atoms with Gasteiger partial charge in [-0.15, -0.1) is 5.10 Å². The summed E-state index contributed by atoms with van der Waals surface area (Å²) < 4.78 is 4.53. The van der Waals surface area contributed by atoms with Gasteiger partial charge in [0.25, 0.3) is 0 Å². The van der Waals surface area contributed by atoms with E-state index in [9.17, 15) is 4.79 Å². The van der Waals surface area contributed by atoms with Crippen LogP contribution in [-0.4, -0.2) is 19.6 Å². The summed E-state index contributed by atoms with van der Waals surface area (Å²) in [5, 5.41) is 8.89. The molecule has 2 aromatic heterocycles. The predicted octanol–water partition coefficient (Wildman–Crippen LogP) is 2.69. The van der Waals surface area contributed by atoms with E-state index in [4.69, 9.17) is 11.6 Å². The molecule has 0 bridgehead atoms. The topological polar surface area (TPSA) is 52.7 Å². The SMILES string of the molecule is O=c1sc2ccc(Cl)cc2n1Cc1cn(C2CC2)nn1. The third-order valence-corrected chi connectivity index (χ3v) is 4.62. The largest absolute Gasteiger partial charge is 0.308 e. The lowest BCUT2D eigenvalue weighted by atomic mass is 10.3. The molecule has 0 N–H and O–H groups in total. The van der Waals surface area contributed by atoms with Crippen molar-refractivity contribution in [1.82, 2.24) is 19.6 Å². The van der Waals surface area contributed by atoms with E-state index in [1.165, 1.54) is 24.2 Å². The van der Waals surface area contributed by atoms with Crippen molar-refractivity contribution in [3.05, 3.63) is 44.8 Å². The first-order valence-corrected chi connectivity index (χ1v) is 7.60. The minimum absolute atomic E-state index is 0.00300. The number of rotatable bonds is 3. The zero-order chi connectivity index (χ0) is 13.7. The maximum absolute atomic E-state index is 12.1. The summed E-state index contributed by atoms with van der Waals surface area (Å²) in [5.74, 6) is 0. The van der Waals surface area contributed by atoms with Gasteiger partial charge in [0.1, 0.15) is 5.69 Å². The Balaban J connectivity index is 1.75. The second kappa shape index (κ2) is 4.43. The molecule has 1 aliphatic rings. The predicted molar refractivity (Wildman–Crippen MR) is 78.5 cm³/mol. The van der Waals surface area contributed by atoms with Crippen LogP contribution in [0.1, 0.15) is 24.6 Å². The second-order valence-electron chi connectivity index (χ2n) is 4.99. The van der Waals surface area contributed by atoms with Crippen LogP contribution < -0.4 is 4.87 Å². The number of benzene rings is 1. The molecule has 7 heteroatoms. The highest BCUT2D eigenvalue weighted by Crippen LogP contribution is 2.33. The van der Waals surface area contributed by atoms with Gasteiger partial charge >= 0.3 is 4.87 Å². The van der Waals surface area contributed by atoms with Crippen molar-refractivity contribution in [2.45, 2.75) is 25.4 Å². The molecular formula is C13H11ClN4OS. The molecule has 5 nitrogen and oxygen atoms in total. The number of hydrogen-bond acceptors (Lipinski definition) is 4. The normalized spacial score (nSPS) is 15.1. The van der Waals surface area contributed by atoms with Gasteiger partial charge in [-0.1, -0.05) is 28.2 Å². The average Bonchev–Trinajstić information content (AvgIpc) is 3.10. The van der Waals surface area contributed by atoms with Crippen LogP contribution in [0.3, 0.4) is 0 Å². The van der Waals surface area contributed by atoms with Gasteiger partial charge in [-0.25, -0.2) is 4.68 Å². The molecule has 1 aromatic carbocycles. The van der Waals surface area contributed by atoms with E-state index < -0.39 is 0 Å². The van der Waals surface area contributed by atoms with Crippen molar-refractivity contribution in [2.75, 3.05) is 0 Å². The molecule has 102 valence electrons. The molecule has 1 fully saturated rings. The Hall–Kier alpha value is -1.66. The molecule has 0 unspecified atom stereocenters. The maximum Gasteiger partial charge on any atom is 0.308 e. The lowest BCUT2D eigenvalue weighted by Gasteiger charge is -2.00. The molecule has 4 rings (SSSR count). The lowest BCUT2D eigenvalue weighted by molar-refractivity contribution is 0.610. The third kappa shape index (κ3) is 2.05. The van der Waals surface area contributed by atoms with E-state index in [-0.39, 0.29) is 4.87 Å². The van der Waals surface area contributed by atoms with Gasteiger partial charge < -0.3 is 0 Å². The third-order valence-electron chi connectivity index (χ3n) is 3.43. The summed E-state index contributed by atoms with van der Waals surface area (Å²) in [5.41, 5.74) is 1.66. The van der Waals surface area contributed by atoms with Gasteiger partial charge in [-0.3, -0.25) is 9.36 Å². The summed E-state index contributed by atoms with van der Waals surface area (Å²) in [6, 6.07) is 6.00. The van der Waals surface area contributed by atoms with Crippen LogP contribution in [0.2, 0.25) is 5.02 Å². The van der Waals surface area contributed by atoms with Crippen LogP contribution in [0.25, 0.3) is 10.2 Å². The Bertz CT molecular complexity index is 846. The second-order valence-corrected chi connectivity index (χ2v) is 6.42. The minimum atomic E-state index is 0.00300. The van der Waals surface area contributed by atoms with Gasteiger partial charge in [0.15, 0.2) is 0 Å². The van der Waals surface area contributed by atoms with Crippen LogP contribution >= 0.6 is 22.9 Å². The van der Waals surface area contributed by atoms with Crippen molar-refractivity contribution in [3.8, 4) is 0 Å². The molecular weight excluding hydrogens is 296 g/mol. The van der Waals surface area contributed by atoms with Crippen molar-refractivity contribution >= 4 is 33.2 Å². The zero-order valence-electron chi connectivity index (χ0n) is 10.5. The van der Waals surface area contributed by atoms with E-state index >= 15 is 0 Å². The summed E-state index contributed by atoms with van der Waals surface area (Å²) in [6.07, 6.45) is 4.26. The van der Waals surface area contributed by atoms with Gasteiger partial charge in [-0.2, -0.15) is 0 Å². The van der Waals surface area contributed by atoms with Crippen LogP contribution in [0, 0.1) is 0 Å². The number of halogens is 1. The molecule has 20 heavy (non-hydrogen) atoms. The van der Waals surface area contributed by atoms with Gasteiger partial charge in [-0.05, 0) is 31.0 Å². The number of fused-ring (bicyclic) bond motifs is 1. The highest BCUT2D eigenvalue weighted by atomic mass is 35.5. The first-order chi connectivity index (χ1) is 9.70. The molecule has 2 heterocycles. The number of aromatic nitrogens is 4. The van der Waals surface area contributed by atoms with Crippen LogP contribution in [0.5, 0.6) is 0 Å². The quantitative estimate of drug-likeness (QED) is 0.747. The highest BCUT2D eigenvalue weighted by Gasteiger charge is 2.25. The van der Waals surface area contributed by atoms with E-state index in [1.807, 2.05) is 23.0 Å². The Morgan fingerprint density at radius 2 is 2.25 bits per heavy atom. The molecule has 1 aliphatic carbocycles. The highest BCUT2D eigenvalue weighted by molar-refractivity contribution is 7.16. The maximum atomic E-state index is 12.1. The van der Waals surface area contributed by atoms with Gasteiger partial charge in [0.05, 0.1) is 29.0 Å². The molecule has 0 aliphatic heterocycles. The summed E-state index contributed by atoms with van der Waals surface area (Å²) in [4.78, 5) is 12.1. The molecule has 0 atom stereocenters. The Labute approximate surface area is 123 Å². The molecule has 0 amide bonds. The summed E-state index contributed by atoms with van der Waals surface area (Å²) in [7, 11) is 0. The fraction of sp³-hybridized carbons (Fsp3) is 0.308. The fourth-order valence-corrected chi connectivity index (χ4v) is 3.29. The first-order valence-electron chi connectivity index (χ1n) is 6.40. The van der Waals surface area contributed by atoms with E-state index in [0.29, 0.717) is 17.6 Å². The zero-order valence-corrected chi connectivity index (χ0v) is 12.1. The monoisotopic (exact) mass is 306 g/mol. The number of thiazole rings is 1.